The molecule has 3 aromatic rings. The van der Waals surface area contributed by atoms with Crippen LogP contribution in [0.2, 0.25) is 0 Å². The summed E-state index contributed by atoms with van der Waals surface area (Å²) in [4.78, 5) is 18.7. The summed E-state index contributed by atoms with van der Waals surface area (Å²) in [5.41, 5.74) is 10.4. The first-order chi connectivity index (χ1) is 14.0. The molecule has 0 aliphatic heterocycles. The van der Waals surface area contributed by atoms with E-state index in [1.54, 1.807) is 12.1 Å². The average Bonchev–Trinajstić information content (AvgIpc) is 2.73. The lowest BCUT2D eigenvalue weighted by Gasteiger charge is -2.12. The highest BCUT2D eigenvalue weighted by atomic mass is 16.1. The highest BCUT2D eigenvalue weighted by Gasteiger charge is 2.03. The molecule has 0 bridgehead atoms. The Labute approximate surface area is 171 Å². The van der Waals surface area contributed by atoms with Crippen LogP contribution in [0.4, 0.5) is 17.1 Å². The van der Waals surface area contributed by atoms with Crippen LogP contribution in [0.1, 0.15) is 11.1 Å². The molecule has 0 radical (unpaired) electrons. The molecule has 0 spiro atoms. The van der Waals surface area contributed by atoms with E-state index in [0.717, 1.165) is 16.8 Å². The molecule has 0 aromatic heterocycles. The van der Waals surface area contributed by atoms with Gasteiger partial charge in [0.05, 0.1) is 5.69 Å². The number of nitrogens with zero attached hydrogens (tertiary/aromatic N) is 2. The molecule has 0 saturated heterocycles. The summed E-state index contributed by atoms with van der Waals surface area (Å²) < 4.78 is 0. The second-order valence-electron chi connectivity index (χ2n) is 6.72. The number of benzene rings is 3. The average molecular weight is 384 g/mol. The van der Waals surface area contributed by atoms with E-state index in [1.807, 2.05) is 91.8 Å². The second kappa shape index (κ2) is 9.37. The summed E-state index contributed by atoms with van der Waals surface area (Å²) in [6, 6.07) is 24.8. The fourth-order valence-electron chi connectivity index (χ4n) is 2.71. The standard InChI is InChI=1S/C24H24N4O/c1-28(2)22-14-12-19(13-15-22)24(25)27-21-10-6-9-20(17-21)26-23(29)16-11-18-7-4-3-5-8-18/h3-17H,1-2H3,(H2,25,27)(H,26,29). The Morgan fingerprint density at radius 1 is 0.966 bits per heavy atom. The number of carbonyl (C=O) groups excluding carboxylic acids is 1. The van der Waals surface area contributed by atoms with Crippen LogP contribution in [0.25, 0.3) is 6.08 Å². The molecule has 3 N–H and O–H groups in total. The lowest BCUT2D eigenvalue weighted by molar-refractivity contribution is -0.111. The van der Waals surface area contributed by atoms with E-state index in [0.29, 0.717) is 17.2 Å². The van der Waals surface area contributed by atoms with Crippen molar-refractivity contribution >= 4 is 34.9 Å². The minimum Gasteiger partial charge on any atom is -0.383 e. The minimum absolute atomic E-state index is 0.206. The number of nitrogens with two attached hydrogens (primary N) is 1. The van der Waals surface area contributed by atoms with Crippen molar-refractivity contribution < 1.29 is 4.79 Å². The first-order valence-corrected chi connectivity index (χ1v) is 9.27. The fraction of sp³-hybridized carbons (Fsp3) is 0.0833. The van der Waals surface area contributed by atoms with Gasteiger partial charge in [-0.2, -0.15) is 0 Å². The summed E-state index contributed by atoms with van der Waals surface area (Å²) in [5, 5.41) is 2.84. The summed E-state index contributed by atoms with van der Waals surface area (Å²) in [6.07, 6.45) is 3.28. The van der Waals surface area contributed by atoms with Crippen molar-refractivity contribution in [2.45, 2.75) is 0 Å². The van der Waals surface area contributed by atoms with Crippen LogP contribution in [0, 0.1) is 0 Å². The van der Waals surface area contributed by atoms with E-state index in [4.69, 9.17) is 5.73 Å². The number of rotatable bonds is 6. The molecular formula is C24H24N4O. The van der Waals surface area contributed by atoms with E-state index in [2.05, 4.69) is 10.3 Å². The van der Waals surface area contributed by atoms with Crippen LogP contribution in [-0.2, 0) is 4.79 Å². The number of carbonyl (C=O) groups is 1. The predicted octanol–water partition coefficient (Wildman–Crippen LogP) is 4.44. The fourth-order valence-corrected chi connectivity index (χ4v) is 2.71. The van der Waals surface area contributed by atoms with Gasteiger partial charge in [-0.1, -0.05) is 36.4 Å². The molecule has 0 atom stereocenters. The van der Waals surface area contributed by atoms with Crippen molar-refractivity contribution in [1.29, 1.82) is 0 Å². The summed E-state index contributed by atoms with van der Waals surface area (Å²) in [6.45, 7) is 0. The quantitative estimate of drug-likeness (QED) is 0.375. The van der Waals surface area contributed by atoms with Crippen molar-refractivity contribution in [1.82, 2.24) is 0 Å². The van der Waals surface area contributed by atoms with Crippen LogP contribution in [-0.4, -0.2) is 25.8 Å². The highest BCUT2D eigenvalue weighted by Crippen LogP contribution is 2.19. The molecule has 1 amide bonds. The third kappa shape index (κ3) is 5.81. The number of anilines is 2. The van der Waals surface area contributed by atoms with Gasteiger partial charge < -0.3 is 16.0 Å². The third-order valence-corrected chi connectivity index (χ3v) is 4.27. The van der Waals surface area contributed by atoms with Crippen molar-refractivity contribution in [2.24, 2.45) is 10.7 Å². The van der Waals surface area contributed by atoms with Gasteiger partial charge in [0.2, 0.25) is 5.91 Å². The molecule has 0 aliphatic carbocycles. The van der Waals surface area contributed by atoms with Gasteiger partial charge in [0.25, 0.3) is 0 Å². The molecule has 0 unspecified atom stereocenters. The molecule has 3 rings (SSSR count). The van der Waals surface area contributed by atoms with Gasteiger partial charge in [0.1, 0.15) is 5.84 Å². The molecule has 146 valence electrons. The van der Waals surface area contributed by atoms with Gasteiger partial charge >= 0.3 is 0 Å². The maximum Gasteiger partial charge on any atom is 0.248 e. The summed E-state index contributed by atoms with van der Waals surface area (Å²) in [5.74, 6) is 0.213. The maximum absolute atomic E-state index is 12.2. The molecule has 0 aliphatic rings. The largest absolute Gasteiger partial charge is 0.383 e. The zero-order chi connectivity index (χ0) is 20.6. The van der Waals surface area contributed by atoms with E-state index in [9.17, 15) is 4.79 Å². The highest BCUT2D eigenvalue weighted by molar-refractivity contribution is 6.02. The van der Waals surface area contributed by atoms with Crippen LogP contribution in [0.15, 0.2) is 89.9 Å². The van der Waals surface area contributed by atoms with Crippen LogP contribution in [0.5, 0.6) is 0 Å². The molecule has 0 fully saturated rings. The lowest BCUT2D eigenvalue weighted by atomic mass is 10.2. The zero-order valence-electron chi connectivity index (χ0n) is 16.5. The number of amidine groups is 1. The minimum atomic E-state index is -0.206. The van der Waals surface area contributed by atoms with Crippen molar-refractivity contribution in [3.8, 4) is 0 Å². The van der Waals surface area contributed by atoms with Crippen molar-refractivity contribution in [3.63, 3.8) is 0 Å². The number of hydrogen-bond donors (Lipinski definition) is 2. The van der Waals surface area contributed by atoms with E-state index >= 15 is 0 Å². The Morgan fingerprint density at radius 3 is 2.38 bits per heavy atom. The van der Waals surface area contributed by atoms with Gasteiger partial charge in [0, 0.05) is 37.1 Å². The second-order valence-corrected chi connectivity index (χ2v) is 6.72. The van der Waals surface area contributed by atoms with Crippen LogP contribution < -0.4 is 16.0 Å². The normalized spacial score (nSPS) is 11.4. The molecule has 29 heavy (non-hydrogen) atoms. The van der Waals surface area contributed by atoms with Crippen LogP contribution >= 0.6 is 0 Å². The van der Waals surface area contributed by atoms with E-state index in [1.165, 1.54) is 6.08 Å². The Kier molecular flexibility index (Phi) is 6.43. The first kappa shape index (κ1) is 19.9. The van der Waals surface area contributed by atoms with Gasteiger partial charge in [-0.25, -0.2) is 4.99 Å². The van der Waals surface area contributed by atoms with E-state index in [-0.39, 0.29) is 5.91 Å². The number of aliphatic imine (C=N–C) groups is 1. The topological polar surface area (TPSA) is 70.7 Å². The van der Waals surface area contributed by atoms with Gasteiger partial charge in [-0.15, -0.1) is 0 Å². The first-order valence-electron chi connectivity index (χ1n) is 9.27. The van der Waals surface area contributed by atoms with Crippen molar-refractivity contribution in [2.75, 3.05) is 24.3 Å². The monoisotopic (exact) mass is 384 g/mol. The van der Waals surface area contributed by atoms with Crippen LogP contribution in [0.3, 0.4) is 0 Å². The third-order valence-electron chi connectivity index (χ3n) is 4.27. The Bertz CT molecular complexity index is 1020. The molecule has 3 aromatic carbocycles. The number of hydrogen-bond acceptors (Lipinski definition) is 3. The zero-order valence-corrected chi connectivity index (χ0v) is 16.5. The molecular weight excluding hydrogens is 360 g/mol. The van der Waals surface area contributed by atoms with Crippen molar-refractivity contribution in [3.05, 3.63) is 96.1 Å². The SMILES string of the molecule is CN(C)c1ccc(C(N)=Nc2cccc(NC(=O)C=Cc3ccccc3)c2)cc1. The Hall–Kier alpha value is -3.86. The molecule has 0 saturated carbocycles. The molecule has 5 nitrogen and oxygen atoms in total. The van der Waals surface area contributed by atoms with Gasteiger partial charge in [-0.05, 0) is 54.1 Å². The number of nitrogens with one attached hydrogen (secondary N) is 1. The predicted molar refractivity (Wildman–Crippen MR) is 122 cm³/mol. The molecule has 0 heterocycles. The number of amides is 1. The lowest BCUT2D eigenvalue weighted by Crippen LogP contribution is -2.14. The van der Waals surface area contributed by atoms with Gasteiger partial charge in [-0.3, -0.25) is 4.79 Å². The smallest absolute Gasteiger partial charge is 0.248 e. The van der Waals surface area contributed by atoms with E-state index < -0.39 is 0 Å². The summed E-state index contributed by atoms with van der Waals surface area (Å²) in [7, 11) is 3.97. The Morgan fingerprint density at radius 2 is 1.69 bits per heavy atom. The Balaban J connectivity index is 1.69. The summed E-state index contributed by atoms with van der Waals surface area (Å²) >= 11 is 0. The maximum atomic E-state index is 12.2. The van der Waals surface area contributed by atoms with Gasteiger partial charge in [0.15, 0.2) is 0 Å². The molecule has 5 heteroatoms.